The van der Waals surface area contributed by atoms with Crippen molar-refractivity contribution in [2.24, 2.45) is 0 Å². The highest BCUT2D eigenvalue weighted by Crippen LogP contribution is 2.34. The van der Waals surface area contributed by atoms with E-state index < -0.39 is 0 Å². The van der Waals surface area contributed by atoms with Gasteiger partial charge in [0.25, 0.3) is 0 Å². The van der Waals surface area contributed by atoms with Gasteiger partial charge in [-0.15, -0.1) is 0 Å². The molecule has 0 aliphatic heterocycles. The molecule has 4 rings (SSSR count). The number of rotatable bonds is 0. The Hall–Kier alpha value is -2.28. The Morgan fingerprint density at radius 3 is 2.33 bits per heavy atom. The first kappa shape index (κ1) is 12.5. The minimum Gasteiger partial charge on any atom is -0.354 e. The number of aromatic amines is 1. The Balaban J connectivity index is 2.19. The van der Waals surface area contributed by atoms with Crippen molar-refractivity contribution < 1.29 is 0 Å². The smallest absolute Gasteiger partial charge is 0.0471 e. The lowest BCUT2D eigenvalue weighted by molar-refractivity contribution is 0.591. The molecule has 1 N–H and O–H groups in total. The molecular formula is C20H19N. The maximum absolute atomic E-state index is 3.55. The van der Waals surface area contributed by atoms with Gasteiger partial charge in [-0.1, -0.05) is 57.2 Å². The van der Waals surface area contributed by atoms with Crippen LogP contribution in [0.2, 0.25) is 0 Å². The van der Waals surface area contributed by atoms with Crippen LogP contribution >= 0.6 is 0 Å². The molecule has 0 saturated heterocycles. The largest absolute Gasteiger partial charge is 0.354 e. The number of hydrogen-bond donors (Lipinski definition) is 1. The van der Waals surface area contributed by atoms with Crippen molar-refractivity contribution in [1.29, 1.82) is 0 Å². The first-order valence-corrected chi connectivity index (χ1v) is 7.48. The van der Waals surface area contributed by atoms with Gasteiger partial charge in [-0.25, -0.2) is 0 Å². The van der Waals surface area contributed by atoms with Gasteiger partial charge in [0.15, 0.2) is 0 Å². The summed E-state index contributed by atoms with van der Waals surface area (Å²) in [5, 5.41) is 5.29. The highest BCUT2D eigenvalue weighted by atomic mass is 14.7. The number of hydrogen-bond acceptors (Lipinski definition) is 0. The molecule has 21 heavy (non-hydrogen) atoms. The molecule has 3 aromatic carbocycles. The molecule has 0 saturated carbocycles. The molecular weight excluding hydrogens is 254 g/mol. The van der Waals surface area contributed by atoms with E-state index in [1.165, 1.54) is 38.1 Å². The van der Waals surface area contributed by atoms with Crippen LogP contribution in [0.1, 0.15) is 26.3 Å². The Bertz CT molecular complexity index is 968. The number of H-pyrrole nitrogens is 1. The SMILES string of the molecule is CC(C)(C)c1ccc2[nH]c3ccc4ccccc4c3c2c1. The monoisotopic (exact) mass is 273 g/mol. The molecule has 1 heteroatoms. The molecule has 104 valence electrons. The zero-order valence-corrected chi connectivity index (χ0v) is 12.7. The van der Waals surface area contributed by atoms with E-state index >= 15 is 0 Å². The Morgan fingerprint density at radius 1 is 0.762 bits per heavy atom. The summed E-state index contributed by atoms with van der Waals surface area (Å²) in [7, 11) is 0. The van der Waals surface area contributed by atoms with Gasteiger partial charge in [-0.2, -0.15) is 0 Å². The van der Waals surface area contributed by atoms with E-state index in [0.717, 1.165) is 0 Å². The number of aromatic nitrogens is 1. The summed E-state index contributed by atoms with van der Waals surface area (Å²) in [6.45, 7) is 6.79. The second kappa shape index (κ2) is 4.11. The molecule has 0 aliphatic rings. The average Bonchev–Trinajstić information content (AvgIpc) is 2.84. The fraction of sp³-hybridized carbons (Fsp3) is 0.200. The third kappa shape index (κ3) is 1.84. The lowest BCUT2D eigenvalue weighted by atomic mass is 9.86. The van der Waals surface area contributed by atoms with Gasteiger partial charge < -0.3 is 4.98 Å². The molecule has 0 amide bonds. The van der Waals surface area contributed by atoms with Crippen LogP contribution in [0, 0.1) is 0 Å². The van der Waals surface area contributed by atoms with Crippen LogP contribution < -0.4 is 0 Å². The van der Waals surface area contributed by atoms with E-state index in [2.05, 4.69) is 80.4 Å². The summed E-state index contributed by atoms with van der Waals surface area (Å²) in [6.07, 6.45) is 0. The maximum Gasteiger partial charge on any atom is 0.0471 e. The molecule has 0 spiro atoms. The quantitative estimate of drug-likeness (QED) is 0.418. The Labute approximate surface area is 124 Å². The Morgan fingerprint density at radius 2 is 1.52 bits per heavy atom. The van der Waals surface area contributed by atoms with Gasteiger partial charge in [0, 0.05) is 21.8 Å². The number of benzene rings is 3. The summed E-state index contributed by atoms with van der Waals surface area (Å²) in [6, 6.07) is 19.8. The predicted molar refractivity (Wildman–Crippen MR) is 92.0 cm³/mol. The van der Waals surface area contributed by atoms with Gasteiger partial charge >= 0.3 is 0 Å². The lowest BCUT2D eigenvalue weighted by Gasteiger charge is -2.18. The van der Waals surface area contributed by atoms with Crippen LogP contribution in [-0.4, -0.2) is 4.98 Å². The van der Waals surface area contributed by atoms with E-state index in [1.54, 1.807) is 0 Å². The summed E-state index contributed by atoms with van der Waals surface area (Å²) >= 11 is 0. The topological polar surface area (TPSA) is 15.8 Å². The van der Waals surface area contributed by atoms with Crippen LogP contribution in [0.5, 0.6) is 0 Å². The third-order valence-corrected chi connectivity index (χ3v) is 4.35. The minimum atomic E-state index is 0.169. The van der Waals surface area contributed by atoms with Crippen molar-refractivity contribution in [3.8, 4) is 0 Å². The van der Waals surface area contributed by atoms with E-state index in [-0.39, 0.29) is 5.41 Å². The fourth-order valence-electron chi connectivity index (χ4n) is 3.14. The fourth-order valence-corrected chi connectivity index (χ4v) is 3.14. The molecule has 0 atom stereocenters. The molecule has 0 aliphatic carbocycles. The van der Waals surface area contributed by atoms with Crippen molar-refractivity contribution in [3.05, 3.63) is 60.2 Å². The van der Waals surface area contributed by atoms with Crippen molar-refractivity contribution >= 4 is 32.6 Å². The van der Waals surface area contributed by atoms with Crippen LogP contribution in [-0.2, 0) is 5.41 Å². The standard InChI is InChI=1S/C20H19N/c1-20(2,3)14-9-11-17-16(12-14)19-15-7-5-4-6-13(15)8-10-18(19)21-17/h4-12,21H,1-3H3. The summed E-state index contributed by atoms with van der Waals surface area (Å²) in [4.78, 5) is 3.55. The second-order valence-electron chi connectivity index (χ2n) is 6.84. The molecule has 4 aromatic rings. The van der Waals surface area contributed by atoms with Crippen LogP contribution in [0.15, 0.2) is 54.6 Å². The summed E-state index contributed by atoms with van der Waals surface area (Å²) in [5.74, 6) is 0. The van der Waals surface area contributed by atoms with Crippen molar-refractivity contribution in [2.75, 3.05) is 0 Å². The van der Waals surface area contributed by atoms with Gasteiger partial charge in [0.05, 0.1) is 0 Å². The van der Waals surface area contributed by atoms with Gasteiger partial charge in [-0.05, 0) is 39.9 Å². The highest BCUT2D eigenvalue weighted by Gasteiger charge is 2.16. The van der Waals surface area contributed by atoms with E-state index in [9.17, 15) is 0 Å². The zero-order chi connectivity index (χ0) is 14.6. The lowest BCUT2D eigenvalue weighted by Crippen LogP contribution is -2.10. The molecule has 1 heterocycles. The number of nitrogens with one attached hydrogen (secondary N) is 1. The van der Waals surface area contributed by atoms with Gasteiger partial charge in [0.2, 0.25) is 0 Å². The van der Waals surface area contributed by atoms with E-state index in [1.807, 2.05) is 0 Å². The highest BCUT2D eigenvalue weighted by molar-refractivity contribution is 6.20. The molecule has 0 radical (unpaired) electrons. The average molecular weight is 273 g/mol. The normalized spacial score (nSPS) is 12.5. The Kier molecular flexibility index (Phi) is 2.44. The molecule has 0 fully saturated rings. The zero-order valence-electron chi connectivity index (χ0n) is 12.7. The van der Waals surface area contributed by atoms with Crippen LogP contribution in [0.25, 0.3) is 32.6 Å². The minimum absolute atomic E-state index is 0.169. The first-order chi connectivity index (χ1) is 10.0. The van der Waals surface area contributed by atoms with Gasteiger partial charge in [-0.3, -0.25) is 0 Å². The van der Waals surface area contributed by atoms with E-state index in [0.29, 0.717) is 0 Å². The third-order valence-electron chi connectivity index (χ3n) is 4.35. The first-order valence-electron chi connectivity index (χ1n) is 7.48. The van der Waals surface area contributed by atoms with Crippen molar-refractivity contribution in [2.45, 2.75) is 26.2 Å². The predicted octanol–water partition coefficient (Wildman–Crippen LogP) is 5.77. The molecule has 1 nitrogen and oxygen atoms in total. The molecule has 1 aromatic heterocycles. The van der Waals surface area contributed by atoms with Gasteiger partial charge in [0.1, 0.15) is 0 Å². The maximum atomic E-state index is 3.55. The van der Waals surface area contributed by atoms with Crippen molar-refractivity contribution in [1.82, 2.24) is 4.98 Å². The molecule has 0 bridgehead atoms. The van der Waals surface area contributed by atoms with Crippen LogP contribution in [0.4, 0.5) is 0 Å². The van der Waals surface area contributed by atoms with E-state index in [4.69, 9.17) is 0 Å². The molecule has 0 unspecified atom stereocenters. The second-order valence-corrected chi connectivity index (χ2v) is 6.84. The summed E-state index contributed by atoms with van der Waals surface area (Å²) in [5.41, 5.74) is 3.98. The summed E-state index contributed by atoms with van der Waals surface area (Å²) < 4.78 is 0. The van der Waals surface area contributed by atoms with Crippen molar-refractivity contribution in [3.63, 3.8) is 0 Å². The van der Waals surface area contributed by atoms with Crippen LogP contribution in [0.3, 0.4) is 0 Å². The number of fused-ring (bicyclic) bond motifs is 5.